The number of aryl methyl sites for hydroxylation is 1. The maximum Gasteiger partial charge on any atom is 0.180 e. The van der Waals surface area contributed by atoms with E-state index in [2.05, 4.69) is 22.3 Å². The lowest BCUT2D eigenvalue weighted by atomic mass is 10.2. The molecule has 0 fully saturated rings. The maximum absolute atomic E-state index is 6.30. The van der Waals surface area contributed by atoms with E-state index >= 15 is 0 Å². The van der Waals surface area contributed by atoms with Gasteiger partial charge in [0.15, 0.2) is 17.3 Å². The summed E-state index contributed by atoms with van der Waals surface area (Å²) in [5.74, 6) is 1.84. The number of ether oxygens (including phenoxy) is 2. The summed E-state index contributed by atoms with van der Waals surface area (Å²) in [6.07, 6.45) is 1.48. The summed E-state index contributed by atoms with van der Waals surface area (Å²) in [6, 6.07) is 3.79. The van der Waals surface area contributed by atoms with Crippen molar-refractivity contribution in [1.82, 2.24) is 20.1 Å². The Bertz CT molecular complexity index is 601. The van der Waals surface area contributed by atoms with Crippen LogP contribution in [0.5, 0.6) is 11.5 Å². The molecule has 6 nitrogen and oxygen atoms in total. The second-order valence-electron chi connectivity index (χ2n) is 4.48. The van der Waals surface area contributed by atoms with Crippen molar-refractivity contribution >= 4 is 11.6 Å². The van der Waals surface area contributed by atoms with Crippen LogP contribution >= 0.6 is 11.6 Å². The van der Waals surface area contributed by atoms with Gasteiger partial charge >= 0.3 is 0 Å². The first-order chi connectivity index (χ1) is 10.2. The van der Waals surface area contributed by atoms with E-state index in [1.165, 1.54) is 6.33 Å². The molecule has 0 atom stereocenters. The highest BCUT2D eigenvalue weighted by Crippen LogP contribution is 2.36. The van der Waals surface area contributed by atoms with Crippen LogP contribution in [0.2, 0.25) is 5.02 Å². The molecule has 0 saturated heterocycles. The monoisotopic (exact) mass is 310 g/mol. The standard InChI is InChI=1S/C14H19ClN4O2/c1-4-16-7-10-5-11(15)14(12(6-10)20-3)21-8-13-17-9-18-19(13)2/h5-6,9,16H,4,7-8H2,1-3H3. The Balaban J connectivity index is 2.16. The molecular formula is C14H19ClN4O2. The van der Waals surface area contributed by atoms with Gasteiger partial charge in [-0.15, -0.1) is 0 Å². The van der Waals surface area contributed by atoms with E-state index in [1.807, 2.05) is 19.2 Å². The quantitative estimate of drug-likeness (QED) is 0.849. The summed E-state index contributed by atoms with van der Waals surface area (Å²) < 4.78 is 12.8. The van der Waals surface area contributed by atoms with Gasteiger partial charge in [-0.2, -0.15) is 5.10 Å². The molecule has 0 amide bonds. The topological polar surface area (TPSA) is 61.2 Å². The molecule has 114 valence electrons. The number of methoxy groups -OCH3 is 1. The molecule has 1 aromatic carbocycles. The van der Waals surface area contributed by atoms with Crippen molar-refractivity contribution in [3.63, 3.8) is 0 Å². The van der Waals surface area contributed by atoms with Gasteiger partial charge < -0.3 is 14.8 Å². The average Bonchev–Trinajstić information content (AvgIpc) is 2.88. The zero-order valence-corrected chi connectivity index (χ0v) is 13.1. The largest absolute Gasteiger partial charge is 0.493 e. The minimum Gasteiger partial charge on any atom is -0.493 e. The van der Waals surface area contributed by atoms with Crippen molar-refractivity contribution in [1.29, 1.82) is 0 Å². The van der Waals surface area contributed by atoms with Crippen molar-refractivity contribution in [2.45, 2.75) is 20.1 Å². The van der Waals surface area contributed by atoms with Crippen LogP contribution in [0, 0.1) is 0 Å². The first kappa shape index (κ1) is 15.6. The van der Waals surface area contributed by atoms with Crippen LogP contribution in [0.25, 0.3) is 0 Å². The molecular weight excluding hydrogens is 292 g/mol. The van der Waals surface area contributed by atoms with Gasteiger partial charge in [-0.1, -0.05) is 18.5 Å². The van der Waals surface area contributed by atoms with E-state index in [1.54, 1.807) is 11.8 Å². The Kier molecular flexibility index (Phi) is 5.41. The van der Waals surface area contributed by atoms with E-state index in [4.69, 9.17) is 21.1 Å². The molecule has 1 N–H and O–H groups in total. The van der Waals surface area contributed by atoms with Crippen LogP contribution in [0.4, 0.5) is 0 Å². The van der Waals surface area contributed by atoms with Gasteiger partial charge in [0.2, 0.25) is 0 Å². The number of benzene rings is 1. The fourth-order valence-electron chi connectivity index (χ4n) is 1.87. The number of halogens is 1. The second kappa shape index (κ2) is 7.28. The molecule has 0 saturated carbocycles. The normalized spacial score (nSPS) is 10.7. The molecule has 21 heavy (non-hydrogen) atoms. The van der Waals surface area contributed by atoms with Gasteiger partial charge in [-0.05, 0) is 24.2 Å². The summed E-state index contributed by atoms with van der Waals surface area (Å²) in [6.45, 7) is 3.96. The third-order valence-electron chi connectivity index (χ3n) is 3.02. The fraction of sp³-hybridized carbons (Fsp3) is 0.429. The molecule has 0 spiro atoms. The Labute approximate surface area is 129 Å². The Morgan fingerprint density at radius 3 is 2.81 bits per heavy atom. The van der Waals surface area contributed by atoms with Crippen LogP contribution in [0.3, 0.4) is 0 Å². The molecule has 0 bridgehead atoms. The van der Waals surface area contributed by atoms with Crippen LogP contribution < -0.4 is 14.8 Å². The third-order valence-corrected chi connectivity index (χ3v) is 3.30. The summed E-state index contributed by atoms with van der Waals surface area (Å²) in [5.41, 5.74) is 1.05. The fourth-order valence-corrected chi connectivity index (χ4v) is 2.16. The number of hydrogen-bond acceptors (Lipinski definition) is 5. The molecule has 0 unspecified atom stereocenters. The molecule has 1 aromatic heterocycles. The van der Waals surface area contributed by atoms with Crippen LogP contribution in [0.15, 0.2) is 18.5 Å². The third kappa shape index (κ3) is 3.86. The molecule has 2 rings (SSSR count). The first-order valence-electron chi connectivity index (χ1n) is 6.68. The predicted molar refractivity (Wildman–Crippen MR) is 80.7 cm³/mol. The van der Waals surface area contributed by atoms with Crippen LogP contribution in [0.1, 0.15) is 18.3 Å². The summed E-state index contributed by atoms with van der Waals surface area (Å²) in [5, 5.41) is 7.76. The molecule has 2 aromatic rings. The number of hydrogen-bond donors (Lipinski definition) is 1. The van der Waals surface area contributed by atoms with Crippen molar-refractivity contribution in [3.8, 4) is 11.5 Å². The highest BCUT2D eigenvalue weighted by atomic mass is 35.5. The maximum atomic E-state index is 6.30. The summed E-state index contributed by atoms with van der Waals surface area (Å²) in [4.78, 5) is 4.11. The Hall–Kier alpha value is -1.79. The van der Waals surface area contributed by atoms with Gasteiger partial charge in [0.1, 0.15) is 12.9 Å². The number of rotatable bonds is 7. The molecule has 1 heterocycles. The number of aromatic nitrogens is 3. The lowest BCUT2D eigenvalue weighted by Crippen LogP contribution is -2.12. The van der Waals surface area contributed by atoms with Crippen LogP contribution in [-0.2, 0) is 20.2 Å². The van der Waals surface area contributed by atoms with Gasteiger partial charge in [0.25, 0.3) is 0 Å². The molecule has 0 aliphatic rings. The van der Waals surface area contributed by atoms with E-state index in [-0.39, 0.29) is 6.61 Å². The Morgan fingerprint density at radius 1 is 1.38 bits per heavy atom. The average molecular weight is 311 g/mol. The molecule has 0 aliphatic carbocycles. The predicted octanol–water partition coefficient (Wildman–Crippen LogP) is 2.17. The van der Waals surface area contributed by atoms with E-state index in [9.17, 15) is 0 Å². The SMILES string of the molecule is CCNCc1cc(Cl)c(OCc2ncnn2C)c(OC)c1. The minimum absolute atomic E-state index is 0.277. The van der Waals surface area contributed by atoms with E-state index < -0.39 is 0 Å². The van der Waals surface area contributed by atoms with Gasteiger partial charge in [0.05, 0.1) is 12.1 Å². The molecule has 0 aliphatic heterocycles. The first-order valence-corrected chi connectivity index (χ1v) is 7.06. The lowest BCUT2D eigenvalue weighted by molar-refractivity contribution is 0.271. The number of nitrogens with one attached hydrogen (secondary N) is 1. The van der Waals surface area contributed by atoms with Crippen molar-refractivity contribution in [2.24, 2.45) is 7.05 Å². The highest BCUT2D eigenvalue weighted by Gasteiger charge is 2.13. The second-order valence-corrected chi connectivity index (χ2v) is 4.89. The zero-order chi connectivity index (χ0) is 15.2. The Morgan fingerprint density at radius 2 is 2.19 bits per heavy atom. The van der Waals surface area contributed by atoms with Crippen molar-refractivity contribution in [2.75, 3.05) is 13.7 Å². The van der Waals surface area contributed by atoms with Crippen molar-refractivity contribution < 1.29 is 9.47 Å². The highest BCUT2D eigenvalue weighted by molar-refractivity contribution is 6.32. The summed E-state index contributed by atoms with van der Waals surface area (Å²) in [7, 11) is 3.40. The zero-order valence-electron chi connectivity index (χ0n) is 12.4. The van der Waals surface area contributed by atoms with Gasteiger partial charge in [-0.3, -0.25) is 4.68 Å². The van der Waals surface area contributed by atoms with E-state index in [0.29, 0.717) is 22.3 Å². The molecule has 7 heteroatoms. The van der Waals surface area contributed by atoms with E-state index in [0.717, 1.165) is 18.7 Å². The lowest BCUT2D eigenvalue weighted by Gasteiger charge is -2.14. The minimum atomic E-state index is 0.277. The smallest absolute Gasteiger partial charge is 0.180 e. The summed E-state index contributed by atoms with van der Waals surface area (Å²) >= 11 is 6.30. The van der Waals surface area contributed by atoms with Crippen molar-refractivity contribution in [3.05, 3.63) is 34.9 Å². The van der Waals surface area contributed by atoms with Crippen LogP contribution in [-0.4, -0.2) is 28.4 Å². The molecule has 0 radical (unpaired) electrons. The van der Waals surface area contributed by atoms with Gasteiger partial charge in [0, 0.05) is 13.6 Å². The van der Waals surface area contributed by atoms with Gasteiger partial charge in [-0.25, -0.2) is 4.98 Å². The number of nitrogens with zero attached hydrogens (tertiary/aromatic N) is 3.